The summed E-state index contributed by atoms with van der Waals surface area (Å²) < 4.78 is 50.6. The van der Waals surface area contributed by atoms with E-state index in [-0.39, 0.29) is 6.04 Å². The quantitative estimate of drug-likeness (QED) is 0.798. The number of hydrogen-bond donors (Lipinski definition) is 1. The third-order valence-corrected chi connectivity index (χ3v) is 4.26. The number of alkyl halides is 4. The third kappa shape index (κ3) is 4.05. The van der Waals surface area contributed by atoms with Gasteiger partial charge in [0.05, 0.1) is 6.54 Å². The van der Waals surface area contributed by atoms with E-state index in [1.54, 1.807) is 0 Å². The maximum atomic E-state index is 13.1. The molecule has 0 aromatic heterocycles. The van der Waals surface area contributed by atoms with E-state index in [2.05, 4.69) is 5.32 Å². The summed E-state index contributed by atoms with van der Waals surface area (Å²) in [4.78, 5) is 1.49. The molecular weight excluding hydrogens is 260 g/mol. The number of nitrogens with one attached hydrogen (secondary N) is 1. The van der Waals surface area contributed by atoms with E-state index in [0.29, 0.717) is 25.6 Å². The molecule has 0 radical (unpaired) electrons. The van der Waals surface area contributed by atoms with Crippen molar-refractivity contribution in [2.24, 2.45) is 5.92 Å². The second kappa shape index (κ2) is 6.39. The molecule has 0 spiro atoms. The van der Waals surface area contributed by atoms with E-state index in [1.165, 1.54) is 24.2 Å². The highest BCUT2D eigenvalue weighted by atomic mass is 19.3. The molecule has 0 aromatic rings. The largest absolute Gasteiger partial charge is 0.319 e. The van der Waals surface area contributed by atoms with Crippen molar-refractivity contribution >= 4 is 0 Å². The lowest BCUT2D eigenvalue weighted by Crippen LogP contribution is -2.56. The van der Waals surface area contributed by atoms with Gasteiger partial charge in [0, 0.05) is 25.7 Å². The van der Waals surface area contributed by atoms with Crippen molar-refractivity contribution in [2.45, 2.75) is 50.5 Å². The topological polar surface area (TPSA) is 15.3 Å². The van der Waals surface area contributed by atoms with Crippen LogP contribution in [0.25, 0.3) is 0 Å². The van der Waals surface area contributed by atoms with E-state index in [0.717, 1.165) is 12.8 Å². The Bertz CT molecular complexity index is 280. The molecule has 1 unspecified atom stereocenters. The van der Waals surface area contributed by atoms with Crippen LogP contribution in [0, 0.1) is 5.92 Å². The number of hydrogen-bond acceptors (Lipinski definition) is 2. The standard InChI is InChI=1S/C13H22F4N2/c14-12(15)13(16,17)9-19-7-6-18-11(8-19)10-4-2-1-3-5-10/h10-12,18H,1-9H2. The van der Waals surface area contributed by atoms with Crippen molar-refractivity contribution in [3.63, 3.8) is 0 Å². The van der Waals surface area contributed by atoms with Gasteiger partial charge in [-0.1, -0.05) is 19.3 Å². The number of nitrogens with zero attached hydrogens (tertiary/aromatic N) is 1. The first-order valence-corrected chi connectivity index (χ1v) is 7.11. The molecule has 1 heterocycles. The Labute approximate surface area is 111 Å². The summed E-state index contributed by atoms with van der Waals surface area (Å²) in [6, 6.07) is 0.183. The zero-order chi connectivity index (χ0) is 13.9. The van der Waals surface area contributed by atoms with Crippen molar-refractivity contribution in [2.75, 3.05) is 26.2 Å². The number of rotatable bonds is 4. The molecule has 2 nitrogen and oxygen atoms in total. The molecule has 6 heteroatoms. The minimum absolute atomic E-state index is 0.183. The van der Waals surface area contributed by atoms with Gasteiger partial charge in [0.25, 0.3) is 0 Å². The summed E-state index contributed by atoms with van der Waals surface area (Å²) in [5.74, 6) is -3.38. The van der Waals surface area contributed by atoms with E-state index in [4.69, 9.17) is 0 Å². The molecule has 1 aliphatic heterocycles. The van der Waals surface area contributed by atoms with Crippen molar-refractivity contribution in [3.8, 4) is 0 Å². The Morgan fingerprint density at radius 3 is 2.47 bits per heavy atom. The average molecular weight is 282 g/mol. The molecule has 1 saturated heterocycles. The van der Waals surface area contributed by atoms with Crippen LogP contribution < -0.4 is 5.32 Å². The lowest BCUT2D eigenvalue weighted by Gasteiger charge is -2.40. The maximum Gasteiger partial charge on any atom is 0.319 e. The second-order valence-electron chi connectivity index (χ2n) is 5.76. The summed E-state index contributed by atoms with van der Waals surface area (Å²) in [7, 11) is 0. The second-order valence-corrected chi connectivity index (χ2v) is 5.76. The van der Waals surface area contributed by atoms with Gasteiger partial charge >= 0.3 is 12.3 Å². The van der Waals surface area contributed by atoms with Gasteiger partial charge in [-0.2, -0.15) is 8.78 Å². The molecule has 1 aliphatic carbocycles. The third-order valence-electron chi connectivity index (χ3n) is 4.26. The smallest absolute Gasteiger partial charge is 0.311 e. The first kappa shape index (κ1) is 15.0. The molecule has 1 saturated carbocycles. The van der Waals surface area contributed by atoms with E-state index in [1.807, 2.05) is 0 Å². The van der Waals surface area contributed by atoms with Crippen LogP contribution in [0.2, 0.25) is 0 Å². The van der Waals surface area contributed by atoms with Crippen LogP contribution in [0.4, 0.5) is 17.6 Å². The van der Waals surface area contributed by atoms with Crippen LogP contribution in [-0.4, -0.2) is 49.5 Å². The van der Waals surface area contributed by atoms with Gasteiger partial charge < -0.3 is 5.32 Å². The Kier molecular flexibility index (Phi) is 5.06. The summed E-state index contributed by atoms with van der Waals surface area (Å²) in [6.45, 7) is 0.675. The lowest BCUT2D eigenvalue weighted by molar-refractivity contribution is -0.144. The number of piperazine rings is 1. The molecule has 1 atom stereocenters. The van der Waals surface area contributed by atoms with Gasteiger partial charge in [-0.25, -0.2) is 8.78 Å². The fourth-order valence-electron chi connectivity index (χ4n) is 3.21. The van der Waals surface area contributed by atoms with Crippen LogP contribution in [0.5, 0.6) is 0 Å². The van der Waals surface area contributed by atoms with Crippen molar-refractivity contribution in [1.29, 1.82) is 0 Å². The molecule has 2 aliphatic rings. The van der Waals surface area contributed by atoms with Gasteiger partial charge in [0.1, 0.15) is 0 Å². The van der Waals surface area contributed by atoms with E-state index < -0.39 is 18.9 Å². The zero-order valence-corrected chi connectivity index (χ0v) is 11.1. The molecule has 1 N–H and O–H groups in total. The highest BCUT2D eigenvalue weighted by Gasteiger charge is 2.43. The maximum absolute atomic E-state index is 13.1. The first-order valence-electron chi connectivity index (χ1n) is 7.11. The normalized spacial score (nSPS) is 27.9. The van der Waals surface area contributed by atoms with E-state index >= 15 is 0 Å². The molecule has 0 bridgehead atoms. The SMILES string of the molecule is FC(F)C(F)(F)CN1CCNC(C2CCCCC2)C1. The van der Waals surface area contributed by atoms with Crippen molar-refractivity contribution in [1.82, 2.24) is 10.2 Å². The average Bonchev–Trinajstić information content (AvgIpc) is 2.39. The van der Waals surface area contributed by atoms with Crippen LogP contribution >= 0.6 is 0 Å². The van der Waals surface area contributed by atoms with Crippen LogP contribution in [0.15, 0.2) is 0 Å². The minimum atomic E-state index is -3.89. The van der Waals surface area contributed by atoms with E-state index in [9.17, 15) is 17.6 Å². The fourth-order valence-corrected chi connectivity index (χ4v) is 3.21. The van der Waals surface area contributed by atoms with Gasteiger partial charge in [-0.05, 0) is 18.8 Å². The minimum Gasteiger partial charge on any atom is -0.311 e. The Morgan fingerprint density at radius 1 is 1.16 bits per heavy atom. The molecular formula is C13H22F4N2. The molecule has 19 heavy (non-hydrogen) atoms. The molecule has 112 valence electrons. The van der Waals surface area contributed by atoms with Crippen LogP contribution in [0.1, 0.15) is 32.1 Å². The monoisotopic (exact) mass is 282 g/mol. The predicted octanol–water partition coefficient (Wildman–Crippen LogP) is 2.74. The Morgan fingerprint density at radius 2 is 1.84 bits per heavy atom. The fraction of sp³-hybridized carbons (Fsp3) is 1.00. The lowest BCUT2D eigenvalue weighted by atomic mass is 9.83. The predicted molar refractivity (Wildman–Crippen MR) is 65.8 cm³/mol. The van der Waals surface area contributed by atoms with Crippen LogP contribution in [0.3, 0.4) is 0 Å². The summed E-state index contributed by atoms with van der Waals surface area (Å²) in [5, 5.41) is 3.36. The van der Waals surface area contributed by atoms with Gasteiger partial charge in [-0.3, -0.25) is 4.90 Å². The van der Waals surface area contributed by atoms with Crippen molar-refractivity contribution < 1.29 is 17.6 Å². The molecule has 0 aromatic carbocycles. The first-order chi connectivity index (χ1) is 8.99. The Balaban J connectivity index is 1.86. The zero-order valence-electron chi connectivity index (χ0n) is 11.1. The van der Waals surface area contributed by atoms with Crippen LogP contribution in [-0.2, 0) is 0 Å². The molecule has 0 amide bonds. The summed E-state index contributed by atoms with van der Waals surface area (Å²) in [5.41, 5.74) is 0. The van der Waals surface area contributed by atoms with Gasteiger partial charge in [0.2, 0.25) is 0 Å². The summed E-state index contributed by atoms with van der Waals surface area (Å²) in [6.07, 6.45) is 2.30. The highest BCUT2D eigenvalue weighted by Crippen LogP contribution is 2.29. The number of halogens is 4. The van der Waals surface area contributed by atoms with Gasteiger partial charge in [0.15, 0.2) is 0 Å². The molecule has 2 rings (SSSR count). The highest BCUT2D eigenvalue weighted by molar-refractivity contribution is 4.88. The summed E-state index contributed by atoms with van der Waals surface area (Å²) >= 11 is 0. The Hall–Kier alpha value is -0.360. The van der Waals surface area contributed by atoms with Crippen molar-refractivity contribution in [3.05, 3.63) is 0 Å². The molecule has 2 fully saturated rings. The van der Waals surface area contributed by atoms with Gasteiger partial charge in [-0.15, -0.1) is 0 Å².